The molecule has 1 atom stereocenters. The average Bonchev–Trinajstić information content (AvgIpc) is 2.65. The van der Waals surface area contributed by atoms with Crippen LogP contribution in [0.1, 0.15) is 23.6 Å². The summed E-state index contributed by atoms with van der Waals surface area (Å²) in [4.78, 5) is 19.1. The molecule has 0 bridgehead atoms. The molecule has 0 saturated heterocycles. The molecule has 0 spiro atoms. The number of fused-ring (bicyclic) bond motifs is 1. The Bertz CT molecular complexity index is 818. The fourth-order valence-electron chi connectivity index (χ4n) is 3.29. The van der Waals surface area contributed by atoms with E-state index in [2.05, 4.69) is 0 Å². The summed E-state index contributed by atoms with van der Waals surface area (Å²) in [6.07, 6.45) is -0.641. The predicted molar refractivity (Wildman–Crippen MR) is 102 cm³/mol. The second-order valence-corrected chi connectivity index (χ2v) is 6.50. The quantitative estimate of drug-likeness (QED) is 0.865. The van der Waals surface area contributed by atoms with Gasteiger partial charge in [0.15, 0.2) is 6.29 Å². The molecule has 144 valence electrons. The lowest BCUT2D eigenvalue weighted by molar-refractivity contribution is -0.145. The fraction of sp³-hybridized carbons (Fsp3) is 0.350. The number of methoxy groups -OCH3 is 2. The second-order valence-electron chi connectivity index (χ2n) is 6.50. The molecule has 0 fully saturated rings. The van der Waals surface area contributed by atoms with E-state index in [1.54, 1.807) is 14.2 Å². The Labute approximate surface area is 159 Å². The number of nitrogens with zero attached hydrogens (tertiary/aromatic N) is 2. The third-order valence-corrected chi connectivity index (χ3v) is 4.58. The van der Waals surface area contributed by atoms with Crippen LogP contribution in [-0.4, -0.2) is 31.4 Å². The van der Waals surface area contributed by atoms with Crippen LogP contribution < -0.4 is 20.3 Å². The van der Waals surface area contributed by atoms with E-state index >= 15 is 0 Å². The highest BCUT2D eigenvalue weighted by molar-refractivity contribution is 5.69. The first-order valence-corrected chi connectivity index (χ1v) is 8.71. The van der Waals surface area contributed by atoms with Crippen LogP contribution in [0.4, 0.5) is 5.69 Å². The van der Waals surface area contributed by atoms with E-state index in [1.165, 1.54) is 12.0 Å². The van der Waals surface area contributed by atoms with E-state index in [0.29, 0.717) is 13.1 Å². The molecule has 0 aromatic heterocycles. The van der Waals surface area contributed by atoms with Crippen molar-refractivity contribution in [1.29, 1.82) is 0 Å². The summed E-state index contributed by atoms with van der Waals surface area (Å²) in [6.45, 7) is 4.43. The fourth-order valence-corrected chi connectivity index (χ4v) is 3.29. The molecule has 1 unspecified atom stereocenters. The summed E-state index contributed by atoms with van der Waals surface area (Å²) in [7, 11) is 3.25. The third-order valence-electron chi connectivity index (χ3n) is 4.58. The van der Waals surface area contributed by atoms with E-state index in [-0.39, 0.29) is 0 Å². The molecule has 2 aromatic rings. The van der Waals surface area contributed by atoms with Crippen LogP contribution in [-0.2, 0) is 22.7 Å². The molecule has 0 saturated carbocycles. The molecule has 2 N–H and O–H groups in total. The van der Waals surface area contributed by atoms with Crippen molar-refractivity contribution in [2.45, 2.75) is 33.2 Å². The lowest BCUT2D eigenvalue weighted by atomic mass is 10.1. The molecule has 3 rings (SSSR count). The lowest BCUT2D eigenvalue weighted by Gasteiger charge is -2.42. The molecule has 1 aliphatic heterocycles. The van der Waals surface area contributed by atoms with Crippen LogP contribution >= 0.6 is 0 Å². The number of nitrogens with two attached hydrogens (primary N) is 1. The van der Waals surface area contributed by atoms with E-state index in [9.17, 15) is 4.79 Å². The van der Waals surface area contributed by atoms with E-state index in [4.69, 9.17) is 20.0 Å². The molecular weight excluding hydrogens is 346 g/mol. The van der Waals surface area contributed by atoms with Crippen LogP contribution in [0.2, 0.25) is 0 Å². The van der Waals surface area contributed by atoms with Gasteiger partial charge in [-0.15, -0.1) is 0 Å². The Kier molecular flexibility index (Phi) is 5.53. The van der Waals surface area contributed by atoms with E-state index in [0.717, 1.165) is 33.9 Å². The molecule has 2 aromatic carbocycles. The van der Waals surface area contributed by atoms with Crippen molar-refractivity contribution in [3.63, 3.8) is 0 Å². The lowest BCUT2D eigenvalue weighted by Crippen LogP contribution is -2.57. The zero-order valence-corrected chi connectivity index (χ0v) is 16.1. The maximum Gasteiger partial charge on any atom is 0.329 e. The van der Waals surface area contributed by atoms with Gasteiger partial charge in [0.2, 0.25) is 0 Å². The van der Waals surface area contributed by atoms with Crippen molar-refractivity contribution >= 4 is 11.7 Å². The summed E-state index contributed by atoms with van der Waals surface area (Å²) >= 11 is 0. The zero-order chi connectivity index (χ0) is 19.6. The molecule has 1 aliphatic rings. The number of hydroxylamine groups is 1. The molecular formula is C20H25N3O4. The largest absolute Gasteiger partial charge is 0.496 e. The third kappa shape index (κ3) is 3.84. The standard InChI is InChI=1S/C20H25N3O4/c1-13-8-9-15-11-22(20(21)23(17(15)10-13)27-14(2)24)12-16-18(25-3)6-5-7-19(16)26-4/h5-10,20H,11-12,21H2,1-4H3. The number of aryl methyl sites for hydroxylation is 1. The molecule has 7 nitrogen and oxygen atoms in total. The van der Waals surface area contributed by atoms with Gasteiger partial charge in [-0.3, -0.25) is 15.4 Å². The highest BCUT2D eigenvalue weighted by Crippen LogP contribution is 2.35. The van der Waals surface area contributed by atoms with Crippen molar-refractivity contribution in [3.8, 4) is 11.5 Å². The van der Waals surface area contributed by atoms with Crippen molar-refractivity contribution in [2.75, 3.05) is 19.3 Å². The molecule has 7 heteroatoms. The van der Waals surface area contributed by atoms with Crippen molar-refractivity contribution in [2.24, 2.45) is 5.73 Å². The highest BCUT2D eigenvalue weighted by Gasteiger charge is 2.33. The minimum Gasteiger partial charge on any atom is -0.496 e. The number of carbonyl (C=O) groups excluding carboxylic acids is 1. The normalized spacial score (nSPS) is 16.6. The average molecular weight is 371 g/mol. The first-order valence-electron chi connectivity index (χ1n) is 8.71. The molecule has 0 aliphatic carbocycles. The van der Waals surface area contributed by atoms with Crippen LogP contribution in [0.25, 0.3) is 0 Å². The molecule has 0 amide bonds. The number of anilines is 1. The van der Waals surface area contributed by atoms with Crippen LogP contribution in [0.15, 0.2) is 36.4 Å². The van der Waals surface area contributed by atoms with Crippen molar-refractivity contribution in [1.82, 2.24) is 4.90 Å². The maximum absolute atomic E-state index is 11.6. The van der Waals surface area contributed by atoms with Gasteiger partial charge in [0.05, 0.1) is 25.5 Å². The number of hydrogen-bond donors (Lipinski definition) is 1. The summed E-state index contributed by atoms with van der Waals surface area (Å²) in [5, 5.41) is 1.47. The zero-order valence-electron chi connectivity index (χ0n) is 16.1. The van der Waals surface area contributed by atoms with Crippen LogP contribution in [0, 0.1) is 6.92 Å². The molecule has 27 heavy (non-hydrogen) atoms. The van der Waals surface area contributed by atoms with Crippen LogP contribution in [0.3, 0.4) is 0 Å². The SMILES string of the molecule is COc1cccc(OC)c1CN1Cc2ccc(C)cc2N(OC(C)=O)C1N. The van der Waals surface area contributed by atoms with E-state index < -0.39 is 12.3 Å². The Morgan fingerprint density at radius 1 is 1.19 bits per heavy atom. The number of hydrogen-bond acceptors (Lipinski definition) is 7. The van der Waals surface area contributed by atoms with Gasteiger partial charge in [0, 0.05) is 20.0 Å². The highest BCUT2D eigenvalue weighted by atomic mass is 16.7. The van der Waals surface area contributed by atoms with Gasteiger partial charge in [0.25, 0.3) is 0 Å². The van der Waals surface area contributed by atoms with Gasteiger partial charge < -0.3 is 14.3 Å². The Hall–Kier alpha value is -2.77. The number of rotatable bonds is 5. The van der Waals surface area contributed by atoms with Crippen LogP contribution in [0.5, 0.6) is 11.5 Å². The number of ether oxygens (including phenoxy) is 2. The first kappa shape index (κ1) is 19.0. The Morgan fingerprint density at radius 2 is 1.85 bits per heavy atom. The minimum atomic E-state index is -0.641. The summed E-state index contributed by atoms with van der Waals surface area (Å²) in [5.74, 6) is 1.01. The van der Waals surface area contributed by atoms with Gasteiger partial charge >= 0.3 is 5.97 Å². The smallest absolute Gasteiger partial charge is 0.329 e. The summed E-state index contributed by atoms with van der Waals surface area (Å²) < 4.78 is 11.0. The topological polar surface area (TPSA) is 77.3 Å². The summed E-state index contributed by atoms with van der Waals surface area (Å²) in [5.41, 5.74) is 10.2. The van der Waals surface area contributed by atoms with E-state index in [1.807, 2.05) is 48.2 Å². The minimum absolute atomic E-state index is 0.422. The first-order chi connectivity index (χ1) is 12.9. The van der Waals surface area contributed by atoms with Gasteiger partial charge in [-0.1, -0.05) is 18.2 Å². The van der Waals surface area contributed by atoms with Gasteiger partial charge in [0.1, 0.15) is 11.5 Å². The Morgan fingerprint density at radius 3 is 2.44 bits per heavy atom. The second kappa shape index (κ2) is 7.85. The summed E-state index contributed by atoms with van der Waals surface area (Å²) in [6, 6.07) is 11.7. The number of carbonyl (C=O) groups is 1. The Balaban J connectivity index is 1.98. The van der Waals surface area contributed by atoms with Gasteiger partial charge in [-0.05, 0) is 36.2 Å². The van der Waals surface area contributed by atoms with Gasteiger partial charge in [-0.25, -0.2) is 0 Å². The maximum atomic E-state index is 11.6. The monoisotopic (exact) mass is 371 g/mol. The molecule has 0 radical (unpaired) electrons. The van der Waals surface area contributed by atoms with Gasteiger partial charge in [-0.2, -0.15) is 5.06 Å². The predicted octanol–water partition coefficient (Wildman–Crippen LogP) is 2.55. The number of benzene rings is 2. The van der Waals surface area contributed by atoms with Crippen molar-refractivity contribution in [3.05, 3.63) is 53.1 Å². The van der Waals surface area contributed by atoms with Crippen molar-refractivity contribution < 1.29 is 19.1 Å². The molecule has 1 heterocycles.